The number of hydrogen-bond donors (Lipinski definition) is 1. The number of rotatable bonds is 8. The van der Waals surface area contributed by atoms with E-state index in [1.807, 2.05) is 18.2 Å². The number of nitrogens with zero attached hydrogens (tertiary/aromatic N) is 1. The average molecular weight is 411 g/mol. The standard InChI is InChI=1S/C22H19ClN2O4/c1-3-10-28-20-11-15(4-9-19(20)27-2)13-24-21(26)12-18-14-29-22(25-18)16-5-7-17(23)8-6-16/h1,4-9,11,14H,10,12-13H2,2H3,(H,24,26). The summed E-state index contributed by atoms with van der Waals surface area (Å²) < 4.78 is 16.2. The fourth-order valence-corrected chi connectivity index (χ4v) is 2.73. The molecule has 0 unspecified atom stereocenters. The van der Waals surface area contributed by atoms with Crippen molar-refractivity contribution in [2.45, 2.75) is 13.0 Å². The molecule has 3 rings (SSSR count). The first-order valence-corrected chi connectivity index (χ1v) is 9.17. The molecule has 0 bridgehead atoms. The maximum Gasteiger partial charge on any atom is 0.226 e. The van der Waals surface area contributed by atoms with Crippen LogP contribution in [0.15, 0.2) is 53.1 Å². The molecule has 0 atom stereocenters. The zero-order chi connectivity index (χ0) is 20.6. The Morgan fingerprint density at radius 2 is 2.03 bits per heavy atom. The highest BCUT2D eigenvalue weighted by molar-refractivity contribution is 6.30. The summed E-state index contributed by atoms with van der Waals surface area (Å²) >= 11 is 5.88. The highest BCUT2D eigenvalue weighted by Gasteiger charge is 2.11. The minimum Gasteiger partial charge on any atom is -0.493 e. The van der Waals surface area contributed by atoms with E-state index < -0.39 is 0 Å². The molecule has 0 fully saturated rings. The second kappa shape index (κ2) is 9.67. The van der Waals surface area contributed by atoms with Crippen molar-refractivity contribution in [2.75, 3.05) is 13.7 Å². The van der Waals surface area contributed by atoms with Crippen LogP contribution in [0.5, 0.6) is 11.5 Å². The summed E-state index contributed by atoms with van der Waals surface area (Å²) in [6.07, 6.45) is 6.81. The predicted molar refractivity (Wildman–Crippen MR) is 110 cm³/mol. The van der Waals surface area contributed by atoms with Crippen LogP contribution in [0.1, 0.15) is 11.3 Å². The first kappa shape index (κ1) is 20.3. The van der Waals surface area contributed by atoms with Crippen LogP contribution in [0.2, 0.25) is 5.02 Å². The zero-order valence-electron chi connectivity index (χ0n) is 15.8. The summed E-state index contributed by atoms with van der Waals surface area (Å²) in [7, 11) is 1.55. The van der Waals surface area contributed by atoms with Crippen molar-refractivity contribution in [3.05, 3.63) is 65.0 Å². The maximum absolute atomic E-state index is 12.3. The Kier molecular flexibility index (Phi) is 6.77. The summed E-state index contributed by atoms with van der Waals surface area (Å²) in [5, 5.41) is 3.48. The van der Waals surface area contributed by atoms with Crippen molar-refractivity contribution in [1.82, 2.24) is 10.3 Å². The van der Waals surface area contributed by atoms with Crippen molar-refractivity contribution in [2.24, 2.45) is 0 Å². The maximum atomic E-state index is 12.3. The van der Waals surface area contributed by atoms with E-state index in [1.54, 1.807) is 31.4 Å². The molecule has 148 valence electrons. The molecule has 0 aliphatic heterocycles. The zero-order valence-corrected chi connectivity index (χ0v) is 16.5. The fraction of sp³-hybridized carbons (Fsp3) is 0.182. The molecule has 1 amide bonds. The minimum atomic E-state index is -0.178. The van der Waals surface area contributed by atoms with E-state index in [1.165, 1.54) is 6.26 Å². The van der Waals surface area contributed by atoms with Crippen molar-refractivity contribution >= 4 is 17.5 Å². The highest BCUT2D eigenvalue weighted by atomic mass is 35.5. The van der Waals surface area contributed by atoms with Crippen LogP contribution in [0.3, 0.4) is 0 Å². The van der Waals surface area contributed by atoms with Gasteiger partial charge in [-0.3, -0.25) is 4.79 Å². The SMILES string of the molecule is C#CCOc1cc(CNC(=O)Cc2coc(-c3ccc(Cl)cc3)n2)ccc1OC. The molecule has 3 aromatic rings. The summed E-state index contributed by atoms with van der Waals surface area (Å²) in [6, 6.07) is 12.5. The number of ether oxygens (including phenoxy) is 2. The van der Waals surface area contributed by atoms with Crippen LogP contribution in [0.4, 0.5) is 0 Å². The van der Waals surface area contributed by atoms with Gasteiger partial charge in [-0.1, -0.05) is 23.6 Å². The van der Waals surface area contributed by atoms with Crippen molar-refractivity contribution in [1.29, 1.82) is 0 Å². The minimum absolute atomic E-state index is 0.105. The molecule has 1 aromatic heterocycles. The van der Waals surface area contributed by atoms with Gasteiger partial charge in [0.1, 0.15) is 12.9 Å². The molecule has 0 saturated heterocycles. The van der Waals surface area contributed by atoms with Crippen molar-refractivity contribution in [3.8, 4) is 35.3 Å². The number of aromatic nitrogens is 1. The average Bonchev–Trinajstić information content (AvgIpc) is 3.19. The van der Waals surface area contributed by atoms with Crippen molar-refractivity contribution in [3.63, 3.8) is 0 Å². The smallest absolute Gasteiger partial charge is 0.226 e. The summed E-state index contributed by atoms with van der Waals surface area (Å²) in [5.74, 6) is 3.78. The van der Waals surface area contributed by atoms with Gasteiger partial charge in [0.25, 0.3) is 0 Å². The quantitative estimate of drug-likeness (QED) is 0.570. The number of oxazole rings is 1. The summed E-state index contributed by atoms with van der Waals surface area (Å²) in [4.78, 5) is 16.6. The number of benzene rings is 2. The summed E-state index contributed by atoms with van der Waals surface area (Å²) in [5.41, 5.74) is 2.19. The van der Waals surface area contributed by atoms with E-state index >= 15 is 0 Å². The highest BCUT2D eigenvalue weighted by Crippen LogP contribution is 2.28. The Morgan fingerprint density at radius 1 is 1.24 bits per heavy atom. The third-order valence-corrected chi connectivity index (χ3v) is 4.27. The molecular formula is C22H19ClN2O4. The fourth-order valence-electron chi connectivity index (χ4n) is 2.60. The van der Waals surface area contributed by atoms with Gasteiger partial charge in [0.15, 0.2) is 11.5 Å². The molecule has 0 spiro atoms. The summed E-state index contributed by atoms with van der Waals surface area (Å²) in [6.45, 7) is 0.464. The van der Waals surface area contributed by atoms with Gasteiger partial charge in [0.05, 0.1) is 19.2 Å². The van der Waals surface area contributed by atoms with Gasteiger partial charge in [-0.05, 0) is 42.0 Å². The lowest BCUT2D eigenvalue weighted by Gasteiger charge is -2.11. The number of halogens is 1. The number of nitrogens with one attached hydrogen (secondary N) is 1. The third kappa shape index (κ3) is 5.53. The Balaban J connectivity index is 1.58. The lowest BCUT2D eigenvalue weighted by Crippen LogP contribution is -2.24. The molecule has 0 saturated carbocycles. The number of hydrogen-bond acceptors (Lipinski definition) is 5. The topological polar surface area (TPSA) is 73.6 Å². The first-order chi connectivity index (χ1) is 14.1. The van der Waals surface area contributed by atoms with Gasteiger partial charge in [-0.25, -0.2) is 4.98 Å². The Labute approximate surface area is 173 Å². The van der Waals surface area contributed by atoms with Crippen LogP contribution in [-0.2, 0) is 17.8 Å². The Hall–Kier alpha value is -3.43. The van der Waals surface area contributed by atoms with Gasteiger partial charge >= 0.3 is 0 Å². The number of methoxy groups -OCH3 is 1. The monoisotopic (exact) mass is 410 g/mol. The third-order valence-electron chi connectivity index (χ3n) is 4.01. The van der Waals surface area contributed by atoms with Crippen LogP contribution in [0.25, 0.3) is 11.5 Å². The van der Waals surface area contributed by atoms with E-state index in [0.29, 0.717) is 34.7 Å². The predicted octanol–water partition coefficient (Wildman–Crippen LogP) is 3.87. The second-order valence-corrected chi connectivity index (χ2v) is 6.52. The number of amides is 1. The number of carbonyl (C=O) groups excluding carboxylic acids is 1. The van der Waals surface area contributed by atoms with Gasteiger partial charge < -0.3 is 19.2 Å². The molecular weight excluding hydrogens is 392 g/mol. The van der Waals surface area contributed by atoms with E-state index in [2.05, 4.69) is 16.2 Å². The molecule has 29 heavy (non-hydrogen) atoms. The van der Waals surface area contributed by atoms with E-state index in [-0.39, 0.29) is 18.9 Å². The van der Waals surface area contributed by atoms with Crippen LogP contribution in [-0.4, -0.2) is 24.6 Å². The second-order valence-electron chi connectivity index (χ2n) is 6.08. The lowest BCUT2D eigenvalue weighted by atomic mass is 10.2. The largest absolute Gasteiger partial charge is 0.493 e. The Bertz CT molecular complexity index is 1020. The lowest BCUT2D eigenvalue weighted by molar-refractivity contribution is -0.120. The Morgan fingerprint density at radius 3 is 2.76 bits per heavy atom. The van der Waals surface area contributed by atoms with Crippen LogP contribution in [0, 0.1) is 12.3 Å². The molecule has 6 nitrogen and oxygen atoms in total. The molecule has 0 aliphatic carbocycles. The van der Waals surface area contributed by atoms with E-state index in [9.17, 15) is 4.79 Å². The molecule has 0 aliphatic rings. The normalized spacial score (nSPS) is 10.2. The van der Waals surface area contributed by atoms with Gasteiger partial charge in [-0.15, -0.1) is 6.42 Å². The van der Waals surface area contributed by atoms with Gasteiger partial charge in [0.2, 0.25) is 11.8 Å². The first-order valence-electron chi connectivity index (χ1n) is 8.79. The number of carbonyl (C=O) groups is 1. The molecule has 0 radical (unpaired) electrons. The molecule has 7 heteroatoms. The van der Waals surface area contributed by atoms with Crippen molar-refractivity contribution < 1.29 is 18.7 Å². The number of terminal acetylenes is 1. The molecule has 1 N–H and O–H groups in total. The molecule has 2 aromatic carbocycles. The van der Waals surface area contributed by atoms with Crippen LogP contribution < -0.4 is 14.8 Å². The van der Waals surface area contributed by atoms with Gasteiger partial charge in [-0.2, -0.15) is 0 Å². The van der Waals surface area contributed by atoms with Crippen LogP contribution >= 0.6 is 11.6 Å². The van der Waals surface area contributed by atoms with E-state index in [0.717, 1.165) is 11.1 Å². The van der Waals surface area contributed by atoms with Gasteiger partial charge in [0, 0.05) is 17.1 Å². The van der Waals surface area contributed by atoms with E-state index in [4.69, 9.17) is 31.9 Å². The molecule has 1 heterocycles.